The normalized spacial score (nSPS) is 16.4. The topological polar surface area (TPSA) is 69.7 Å². The molecule has 1 aromatic heterocycles. The van der Waals surface area contributed by atoms with Crippen LogP contribution in [0.1, 0.15) is 16.0 Å². The maximum absolute atomic E-state index is 13.0. The lowest BCUT2D eigenvalue weighted by atomic mass is 10.2. The molecule has 27 heavy (non-hydrogen) atoms. The van der Waals surface area contributed by atoms with E-state index in [9.17, 15) is 13.2 Å². The molecule has 0 unspecified atom stereocenters. The van der Waals surface area contributed by atoms with Gasteiger partial charge in [0.05, 0.1) is 18.0 Å². The van der Waals surface area contributed by atoms with E-state index in [1.807, 2.05) is 48.4 Å². The first kappa shape index (κ1) is 20.0. The maximum atomic E-state index is 13.0. The van der Waals surface area contributed by atoms with E-state index in [0.29, 0.717) is 44.2 Å². The molecule has 6 nitrogen and oxygen atoms in total. The van der Waals surface area contributed by atoms with Gasteiger partial charge in [-0.25, -0.2) is 8.42 Å². The Morgan fingerprint density at radius 1 is 1.15 bits per heavy atom. The lowest BCUT2D eigenvalue weighted by molar-refractivity contribution is -0.122. The number of hydrogen-bond acceptors (Lipinski definition) is 5. The molecule has 1 aliphatic heterocycles. The van der Waals surface area contributed by atoms with Crippen molar-refractivity contribution in [2.45, 2.75) is 25.3 Å². The van der Waals surface area contributed by atoms with E-state index in [4.69, 9.17) is 0 Å². The summed E-state index contributed by atoms with van der Waals surface area (Å²) in [5.41, 5.74) is 1.69. The molecule has 0 radical (unpaired) electrons. The summed E-state index contributed by atoms with van der Waals surface area (Å²) in [5.74, 6) is -0.0331. The summed E-state index contributed by atoms with van der Waals surface area (Å²) < 4.78 is 27.4. The highest BCUT2D eigenvalue weighted by Gasteiger charge is 2.30. The first-order chi connectivity index (χ1) is 12.9. The SMILES string of the molecule is Cc1ccc(C)c(S(=O)(=O)N2CCN(CC(=O)NCc3cccs3)CC2)c1. The zero-order valence-corrected chi connectivity index (χ0v) is 17.3. The molecule has 1 aliphatic rings. The average molecular weight is 408 g/mol. The van der Waals surface area contributed by atoms with Gasteiger partial charge in [-0.1, -0.05) is 18.2 Å². The van der Waals surface area contributed by atoms with Crippen molar-refractivity contribution in [2.24, 2.45) is 0 Å². The number of thiophene rings is 1. The van der Waals surface area contributed by atoms with Gasteiger partial charge in [0.25, 0.3) is 0 Å². The van der Waals surface area contributed by atoms with Gasteiger partial charge in [-0.2, -0.15) is 4.31 Å². The number of aryl methyl sites for hydroxylation is 2. The molecule has 0 saturated carbocycles. The number of piperazine rings is 1. The van der Waals surface area contributed by atoms with Crippen LogP contribution in [0.4, 0.5) is 0 Å². The molecule has 1 saturated heterocycles. The van der Waals surface area contributed by atoms with Gasteiger partial charge >= 0.3 is 0 Å². The Morgan fingerprint density at radius 2 is 1.89 bits per heavy atom. The van der Waals surface area contributed by atoms with Gasteiger partial charge in [0.15, 0.2) is 0 Å². The second-order valence-electron chi connectivity index (χ2n) is 6.81. The van der Waals surface area contributed by atoms with Crippen LogP contribution in [-0.4, -0.2) is 56.3 Å². The van der Waals surface area contributed by atoms with Gasteiger partial charge in [0.2, 0.25) is 15.9 Å². The molecule has 8 heteroatoms. The first-order valence-corrected chi connectivity index (χ1v) is 11.3. The van der Waals surface area contributed by atoms with Gasteiger partial charge in [-0.05, 0) is 42.5 Å². The van der Waals surface area contributed by atoms with Crippen LogP contribution in [0.3, 0.4) is 0 Å². The number of nitrogens with one attached hydrogen (secondary N) is 1. The molecule has 146 valence electrons. The minimum absolute atomic E-state index is 0.0331. The average Bonchev–Trinajstić information content (AvgIpc) is 3.16. The van der Waals surface area contributed by atoms with Crippen molar-refractivity contribution >= 4 is 27.3 Å². The monoisotopic (exact) mass is 407 g/mol. The van der Waals surface area contributed by atoms with Crippen molar-refractivity contribution in [3.8, 4) is 0 Å². The summed E-state index contributed by atoms with van der Waals surface area (Å²) in [7, 11) is -3.50. The molecule has 1 fully saturated rings. The second kappa shape index (κ2) is 8.52. The third-order valence-corrected chi connectivity index (χ3v) is 7.62. The Kier molecular flexibility index (Phi) is 6.31. The van der Waals surface area contributed by atoms with Crippen LogP contribution in [0.25, 0.3) is 0 Å². The molecule has 0 spiro atoms. The third-order valence-electron chi connectivity index (χ3n) is 4.70. The number of amides is 1. The van der Waals surface area contributed by atoms with Crippen molar-refractivity contribution in [2.75, 3.05) is 32.7 Å². The molecule has 2 heterocycles. The predicted octanol–water partition coefficient (Wildman–Crippen LogP) is 1.99. The van der Waals surface area contributed by atoms with Gasteiger partial charge in [-0.15, -0.1) is 11.3 Å². The third kappa shape index (κ3) is 4.95. The van der Waals surface area contributed by atoms with Crippen LogP contribution in [0.15, 0.2) is 40.6 Å². The maximum Gasteiger partial charge on any atom is 0.243 e. The summed E-state index contributed by atoms with van der Waals surface area (Å²) in [4.78, 5) is 15.6. The standard InChI is InChI=1S/C19H25N3O3S2/c1-15-5-6-16(2)18(12-15)27(24,25)22-9-7-21(8-10-22)14-19(23)20-13-17-4-3-11-26-17/h3-6,11-12H,7-10,13-14H2,1-2H3,(H,20,23). The summed E-state index contributed by atoms with van der Waals surface area (Å²) in [5, 5.41) is 4.89. The lowest BCUT2D eigenvalue weighted by Crippen LogP contribution is -2.51. The second-order valence-corrected chi connectivity index (χ2v) is 9.74. The quantitative estimate of drug-likeness (QED) is 0.795. The van der Waals surface area contributed by atoms with Crippen LogP contribution < -0.4 is 5.32 Å². The zero-order chi connectivity index (χ0) is 19.4. The zero-order valence-electron chi connectivity index (χ0n) is 15.6. The van der Waals surface area contributed by atoms with Crippen LogP contribution in [0.2, 0.25) is 0 Å². The van der Waals surface area contributed by atoms with E-state index in [-0.39, 0.29) is 5.91 Å². The Balaban J connectivity index is 1.53. The van der Waals surface area contributed by atoms with E-state index in [2.05, 4.69) is 5.32 Å². The number of rotatable bonds is 6. The molecule has 1 aromatic carbocycles. The van der Waals surface area contributed by atoms with Crippen LogP contribution in [-0.2, 0) is 21.4 Å². The highest BCUT2D eigenvalue weighted by molar-refractivity contribution is 7.89. The predicted molar refractivity (Wildman–Crippen MR) is 107 cm³/mol. The molecule has 0 bridgehead atoms. The van der Waals surface area contributed by atoms with E-state index < -0.39 is 10.0 Å². The molecule has 1 N–H and O–H groups in total. The van der Waals surface area contributed by atoms with Crippen LogP contribution in [0, 0.1) is 13.8 Å². The van der Waals surface area contributed by atoms with Gasteiger partial charge < -0.3 is 5.32 Å². The molecule has 2 aromatic rings. The minimum atomic E-state index is -3.50. The van der Waals surface area contributed by atoms with Crippen molar-refractivity contribution < 1.29 is 13.2 Å². The van der Waals surface area contributed by atoms with Crippen LogP contribution >= 0.6 is 11.3 Å². The smallest absolute Gasteiger partial charge is 0.243 e. The van der Waals surface area contributed by atoms with Gasteiger partial charge in [0, 0.05) is 31.1 Å². The molecule has 0 aliphatic carbocycles. The van der Waals surface area contributed by atoms with Crippen molar-refractivity contribution in [1.82, 2.24) is 14.5 Å². The highest BCUT2D eigenvalue weighted by Crippen LogP contribution is 2.22. The summed E-state index contributed by atoms with van der Waals surface area (Å²) in [6.07, 6.45) is 0. The molecular weight excluding hydrogens is 382 g/mol. The summed E-state index contributed by atoms with van der Waals surface area (Å²) >= 11 is 1.61. The van der Waals surface area contributed by atoms with Crippen molar-refractivity contribution in [3.05, 3.63) is 51.7 Å². The van der Waals surface area contributed by atoms with E-state index in [1.54, 1.807) is 17.4 Å². The number of nitrogens with zero attached hydrogens (tertiary/aromatic N) is 2. The highest BCUT2D eigenvalue weighted by atomic mass is 32.2. The Hall–Kier alpha value is -1.74. The van der Waals surface area contributed by atoms with E-state index in [1.165, 1.54) is 4.31 Å². The fourth-order valence-electron chi connectivity index (χ4n) is 3.11. The Morgan fingerprint density at radius 3 is 2.56 bits per heavy atom. The molecule has 3 rings (SSSR count). The van der Waals surface area contributed by atoms with Crippen molar-refractivity contribution in [3.63, 3.8) is 0 Å². The molecule has 1 amide bonds. The van der Waals surface area contributed by atoms with Gasteiger partial charge in [-0.3, -0.25) is 9.69 Å². The summed E-state index contributed by atoms with van der Waals surface area (Å²) in [6.45, 7) is 6.45. The fourth-order valence-corrected chi connectivity index (χ4v) is 5.49. The number of carbonyl (C=O) groups is 1. The van der Waals surface area contributed by atoms with E-state index in [0.717, 1.165) is 16.0 Å². The summed E-state index contributed by atoms with van der Waals surface area (Å²) in [6, 6.07) is 9.44. The van der Waals surface area contributed by atoms with Crippen LogP contribution in [0.5, 0.6) is 0 Å². The minimum Gasteiger partial charge on any atom is -0.350 e. The van der Waals surface area contributed by atoms with Gasteiger partial charge in [0.1, 0.15) is 0 Å². The first-order valence-electron chi connectivity index (χ1n) is 8.95. The number of carbonyl (C=O) groups excluding carboxylic acids is 1. The number of benzene rings is 1. The van der Waals surface area contributed by atoms with E-state index >= 15 is 0 Å². The molecule has 0 atom stereocenters. The lowest BCUT2D eigenvalue weighted by Gasteiger charge is -2.33. The number of hydrogen-bond donors (Lipinski definition) is 1. The largest absolute Gasteiger partial charge is 0.350 e. The van der Waals surface area contributed by atoms with Crippen molar-refractivity contribution in [1.29, 1.82) is 0 Å². The number of sulfonamides is 1. The Labute approximate surface area is 164 Å². The fraction of sp³-hybridized carbons (Fsp3) is 0.421. The Bertz CT molecular complexity index is 887. The molecular formula is C19H25N3O3S2.